The van der Waals surface area contributed by atoms with Crippen LogP contribution in [0.2, 0.25) is 0 Å². The molecule has 1 aliphatic rings. The van der Waals surface area contributed by atoms with Crippen LogP contribution in [0.4, 0.5) is 5.69 Å². The Labute approximate surface area is 143 Å². The number of sulfonamides is 1. The van der Waals surface area contributed by atoms with E-state index in [1.54, 1.807) is 12.1 Å². The highest BCUT2D eigenvalue weighted by Gasteiger charge is 2.29. The molecule has 0 radical (unpaired) electrons. The van der Waals surface area contributed by atoms with Crippen LogP contribution in [0, 0.1) is 0 Å². The van der Waals surface area contributed by atoms with Crippen LogP contribution in [-0.2, 0) is 14.8 Å². The summed E-state index contributed by atoms with van der Waals surface area (Å²) in [5, 5.41) is 2.71. The van der Waals surface area contributed by atoms with Crippen LogP contribution in [0.5, 0.6) is 5.75 Å². The molecule has 0 aromatic heterocycles. The third-order valence-electron chi connectivity index (χ3n) is 3.99. The molecule has 3 N–H and O–H groups in total. The quantitative estimate of drug-likeness (QED) is 0.772. The van der Waals surface area contributed by atoms with Gasteiger partial charge in [0.15, 0.2) is 0 Å². The van der Waals surface area contributed by atoms with Gasteiger partial charge in [0.1, 0.15) is 10.6 Å². The molecule has 0 unspecified atom stereocenters. The van der Waals surface area contributed by atoms with Crippen molar-refractivity contribution in [3.8, 4) is 5.75 Å². The highest BCUT2D eigenvalue weighted by Crippen LogP contribution is 2.31. The second kappa shape index (κ2) is 8.46. The van der Waals surface area contributed by atoms with Gasteiger partial charge in [0, 0.05) is 25.2 Å². The smallest absolute Gasteiger partial charge is 0.246 e. The van der Waals surface area contributed by atoms with Crippen LogP contribution >= 0.6 is 0 Å². The van der Waals surface area contributed by atoms with Crippen molar-refractivity contribution < 1.29 is 17.9 Å². The first kappa shape index (κ1) is 18.7. The van der Waals surface area contributed by atoms with Gasteiger partial charge in [-0.3, -0.25) is 4.79 Å². The molecule has 1 amide bonds. The van der Waals surface area contributed by atoms with E-state index in [1.165, 1.54) is 17.5 Å². The number of carbonyl (C=O) groups excluding carboxylic acids is 1. The number of hydrogen-bond acceptors (Lipinski definition) is 5. The van der Waals surface area contributed by atoms with Crippen molar-refractivity contribution in [3.05, 3.63) is 18.2 Å². The molecule has 1 aliphatic heterocycles. The van der Waals surface area contributed by atoms with Crippen molar-refractivity contribution >= 4 is 21.6 Å². The molecule has 1 heterocycles. The highest BCUT2D eigenvalue weighted by molar-refractivity contribution is 7.89. The van der Waals surface area contributed by atoms with Gasteiger partial charge in [0.25, 0.3) is 0 Å². The summed E-state index contributed by atoms with van der Waals surface area (Å²) in [6, 6.07) is 4.66. The van der Waals surface area contributed by atoms with Gasteiger partial charge in [-0.1, -0.05) is 6.42 Å². The average Bonchev–Trinajstić information content (AvgIpc) is 2.60. The zero-order chi connectivity index (χ0) is 17.6. The summed E-state index contributed by atoms with van der Waals surface area (Å²) in [6.45, 7) is 1.46. The molecular weight excluding hydrogens is 330 g/mol. The van der Waals surface area contributed by atoms with E-state index in [4.69, 9.17) is 10.5 Å². The number of methoxy groups -OCH3 is 1. The molecule has 1 saturated heterocycles. The van der Waals surface area contributed by atoms with Crippen LogP contribution in [0.1, 0.15) is 32.1 Å². The molecular formula is C16H25N3O4S. The number of amides is 1. The third-order valence-corrected chi connectivity index (χ3v) is 5.91. The summed E-state index contributed by atoms with van der Waals surface area (Å²) in [6.07, 6.45) is 3.65. The lowest BCUT2D eigenvalue weighted by molar-refractivity contribution is -0.116. The zero-order valence-corrected chi connectivity index (χ0v) is 14.8. The summed E-state index contributed by atoms with van der Waals surface area (Å²) in [5.41, 5.74) is 5.83. The summed E-state index contributed by atoms with van der Waals surface area (Å²) in [7, 11) is -2.21. The number of nitrogens with two attached hydrogens (primary N) is 1. The fraction of sp³-hybridized carbons (Fsp3) is 0.562. The molecule has 7 nitrogen and oxygen atoms in total. The minimum absolute atomic E-state index is 0.0866. The number of nitrogens with one attached hydrogen (secondary N) is 1. The number of piperidine rings is 1. The summed E-state index contributed by atoms with van der Waals surface area (Å²) in [4.78, 5) is 11.9. The Morgan fingerprint density at radius 3 is 2.62 bits per heavy atom. The van der Waals surface area contributed by atoms with Crippen LogP contribution in [0.15, 0.2) is 23.1 Å². The normalized spacial score (nSPS) is 15.9. The molecule has 24 heavy (non-hydrogen) atoms. The van der Waals surface area contributed by atoms with Crippen molar-refractivity contribution in [1.82, 2.24) is 4.31 Å². The number of hydrogen-bond donors (Lipinski definition) is 2. The lowest BCUT2D eigenvalue weighted by atomic mass is 10.2. The number of nitrogens with zero attached hydrogens (tertiary/aromatic N) is 1. The molecule has 0 atom stereocenters. The summed E-state index contributed by atoms with van der Waals surface area (Å²) >= 11 is 0. The number of benzene rings is 1. The number of ether oxygens (including phenoxy) is 1. The van der Waals surface area contributed by atoms with Crippen LogP contribution in [0.3, 0.4) is 0 Å². The number of anilines is 1. The van der Waals surface area contributed by atoms with Crippen molar-refractivity contribution in [3.63, 3.8) is 0 Å². The van der Waals surface area contributed by atoms with Crippen LogP contribution < -0.4 is 15.8 Å². The predicted octanol–water partition coefficient (Wildman–Crippen LogP) is 1.55. The second-order valence-electron chi connectivity index (χ2n) is 5.77. The molecule has 0 bridgehead atoms. The van der Waals surface area contributed by atoms with Gasteiger partial charge in [0.2, 0.25) is 15.9 Å². The monoisotopic (exact) mass is 355 g/mol. The number of carbonyl (C=O) groups is 1. The predicted molar refractivity (Wildman–Crippen MR) is 92.5 cm³/mol. The Bertz CT molecular complexity index is 670. The van der Waals surface area contributed by atoms with E-state index in [0.717, 1.165) is 19.3 Å². The van der Waals surface area contributed by atoms with Crippen molar-refractivity contribution in [2.75, 3.05) is 32.1 Å². The first-order chi connectivity index (χ1) is 11.5. The van der Waals surface area contributed by atoms with E-state index in [0.29, 0.717) is 38.2 Å². The topological polar surface area (TPSA) is 102 Å². The number of rotatable bonds is 7. The van der Waals surface area contributed by atoms with E-state index in [-0.39, 0.29) is 16.6 Å². The van der Waals surface area contributed by atoms with Crippen LogP contribution in [-0.4, -0.2) is 45.4 Å². The molecule has 1 aromatic rings. The Kier molecular flexibility index (Phi) is 6.59. The molecule has 0 aliphatic carbocycles. The Morgan fingerprint density at radius 2 is 2.00 bits per heavy atom. The van der Waals surface area contributed by atoms with Crippen molar-refractivity contribution in [2.24, 2.45) is 5.73 Å². The van der Waals surface area contributed by atoms with E-state index in [9.17, 15) is 13.2 Å². The molecule has 1 aromatic carbocycles. The Hall–Kier alpha value is -1.64. The minimum atomic E-state index is -3.64. The Balaban J connectivity index is 2.26. The first-order valence-electron chi connectivity index (χ1n) is 8.17. The molecule has 0 saturated carbocycles. The molecule has 134 valence electrons. The third kappa shape index (κ3) is 4.46. The van der Waals surface area contributed by atoms with Crippen molar-refractivity contribution in [2.45, 2.75) is 37.0 Å². The second-order valence-corrected chi connectivity index (χ2v) is 7.68. The maximum atomic E-state index is 12.9. The fourth-order valence-electron chi connectivity index (χ4n) is 2.69. The van der Waals surface area contributed by atoms with Gasteiger partial charge in [-0.05, 0) is 44.0 Å². The highest BCUT2D eigenvalue weighted by atomic mass is 32.2. The van der Waals surface area contributed by atoms with E-state index in [1.807, 2.05) is 0 Å². The standard InChI is InChI=1S/C16H25N3O4S/c1-23-14-8-7-13(18-16(20)6-5-9-17)12-15(14)24(21,22)19-10-3-2-4-11-19/h7-8,12H,2-6,9-11,17H2,1H3,(H,18,20). The minimum Gasteiger partial charge on any atom is -0.495 e. The average molecular weight is 355 g/mol. The first-order valence-corrected chi connectivity index (χ1v) is 9.61. The molecule has 8 heteroatoms. The zero-order valence-electron chi connectivity index (χ0n) is 14.0. The largest absolute Gasteiger partial charge is 0.495 e. The van der Waals surface area contributed by atoms with Gasteiger partial charge < -0.3 is 15.8 Å². The molecule has 1 fully saturated rings. The maximum absolute atomic E-state index is 12.9. The fourth-order valence-corrected chi connectivity index (χ4v) is 4.39. The maximum Gasteiger partial charge on any atom is 0.246 e. The van der Waals surface area contributed by atoms with Crippen molar-refractivity contribution in [1.29, 1.82) is 0 Å². The van der Waals surface area contributed by atoms with Crippen LogP contribution in [0.25, 0.3) is 0 Å². The lowest BCUT2D eigenvalue weighted by Gasteiger charge is -2.26. The van der Waals surface area contributed by atoms with E-state index in [2.05, 4.69) is 5.32 Å². The lowest BCUT2D eigenvalue weighted by Crippen LogP contribution is -2.35. The van der Waals surface area contributed by atoms with Gasteiger partial charge in [-0.2, -0.15) is 4.31 Å². The van der Waals surface area contributed by atoms with Gasteiger partial charge >= 0.3 is 0 Å². The van der Waals surface area contributed by atoms with Gasteiger partial charge in [0.05, 0.1) is 7.11 Å². The SMILES string of the molecule is COc1ccc(NC(=O)CCCN)cc1S(=O)(=O)N1CCCCC1. The van der Waals surface area contributed by atoms with E-state index < -0.39 is 10.0 Å². The van der Waals surface area contributed by atoms with E-state index >= 15 is 0 Å². The Morgan fingerprint density at radius 1 is 1.29 bits per heavy atom. The molecule has 0 spiro atoms. The summed E-state index contributed by atoms with van der Waals surface area (Å²) in [5.74, 6) is 0.0902. The van der Waals surface area contributed by atoms with Gasteiger partial charge in [-0.25, -0.2) is 8.42 Å². The van der Waals surface area contributed by atoms with Gasteiger partial charge in [-0.15, -0.1) is 0 Å². The molecule has 2 rings (SSSR count). The summed E-state index contributed by atoms with van der Waals surface area (Å²) < 4.78 is 32.5.